The molecule has 1 amide bonds. The summed E-state index contributed by atoms with van der Waals surface area (Å²) in [6.45, 7) is 10.5. The van der Waals surface area contributed by atoms with Crippen LogP contribution in [-0.2, 0) is 21.0 Å². The molecule has 1 aliphatic rings. The van der Waals surface area contributed by atoms with Gasteiger partial charge in [-0.25, -0.2) is 13.4 Å². The van der Waals surface area contributed by atoms with E-state index in [1.165, 1.54) is 28.6 Å². The van der Waals surface area contributed by atoms with Crippen molar-refractivity contribution in [2.75, 3.05) is 0 Å². The standard InChI is InChI=1S/C23H25ClF3N3O4S/c1-6-19(31)29-18-12-21(2,3)30(22(18,4)5)35(32,33)16-9-7-15(8-10-16)34-20-17(24)11-14(13-28-20)23(25,26)27/h6-11,13,18H,1,12H2,2-5H3,(H,29,31). The summed E-state index contributed by atoms with van der Waals surface area (Å²) in [7, 11) is -4.02. The molecule has 1 N–H and O–H groups in total. The molecule has 1 aliphatic heterocycles. The lowest BCUT2D eigenvalue weighted by atomic mass is 9.94. The summed E-state index contributed by atoms with van der Waals surface area (Å²) in [5, 5.41) is 2.47. The molecule has 12 heteroatoms. The molecule has 1 atom stereocenters. The second kappa shape index (κ2) is 9.11. The lowest BCUT2D eigenvalue weighted by molar-refractivity contribution is -0.137. The summed E-state index contributed by atoms with van der Waals surface area (Å²) in [5.41, 5.74) is -2.78. The molecule has 0 spiro atoms. The fourth-order valence-electron chi connectivity index (χ4n) is 4.40. The molecule has 190 valence electrons. The van der Waals surface area contributed by atoms with Gasteiger partial charge in [0.1, 0.15) is 10.8 Å². The van der Waals surface area contributed by atoms with Gasteiger partial charge in [-0.1, -0.05) is 18.2 Å². The Balaban J connectivity index is 1.87. The van der Waals surface area contributed by atoms with Crippen LogP contribution in [0, 0.1) is 0 Å². The lowest BCUT2D eigenvalue weighted by Crippen LogP contribution is -2.56. The number of alkyl halides is 3. The molecule has 0 radical (unpaired) electrons. The van der Waals surface area contributed by atoms with Gasteiger partial charge in [-0.3, -0.25) is 4.79 Å². The fraction of sp³-hybridized carbons (Fsp3) is 0.391. The van der Waals surface area contributed by atoms with Crippen LogP contribution in [0.4, 0.5) is 13.2 Å². The van der Waals surface area contributed by atoms with Gasteiger partial charge in [0.15, 0.2) is 0 Å². The van der Waals surface area contributed by atoms with Gasteiger partial charge in [-0.2, -0.15) is 17.5 Å². The van der Waals surface area contributed by atoms with Crippen LogP contribution < -0.4 is 10.1 Å². The highest BCUT2D eigenvalue weighted by atomic mass is 35.5. The van der Waals surface area contributed by atoms with Crippen LogP contribution in [-0.4, -0.2) is 40.7 Å². The topological polar surface area (TPSA) is 88.6 Å². The minimum absolute atomic E-state index is 0.0202. The molecule has 0 bridgehead atoms. The van der Waals surface area contributed by atoms with Crippen LogP contribution >= 0.6 is 11.6 Å². The normalized spacial score (nSPS) is 19.8. The predicted octanol–water partition coefficient (Wildman–Crippen LogP) is 5.17. The maximum absolute atomic E-state index is 13.6. The summed E-state index contributed by atoms with van der Waals surface area (Å²) in [6.07, 6.45) is -2.48. The molecule has 0 saturated carbocycles. The highest BCUT2D eigenvalue weighted by molar-refractivity contribution is 7.89. The van der Waals surface area contributed by atoms with E-state index in [0.717, 1.165) is 6.08 Å². The molecule has 1 unspecified atom stereocenters. The number of hydrogen-bond donors (Lipinski definition) is 1. The maximum atomic E-state index is 13.6. The summed E-state index contributed by atoms with van der Waals surface area (Å²) in [5.74, 6) is -0.512. The number of pyridine rings is 1. The van der Waals surface area contributed by atoms with Gasteiger partial charge in [0, 0.05) is 17.8 Å². The van der Waals surface area contributed by atoms with Crippen LogP contribution in [0.2, 0.25) is 5.02 Å². The fourth-order valence-corrected chi connectivity index (χ4v) is 6.77. The van der Waals surface area contributed by atoms with E-state index in [1.807, 2.05) is 0 Å². The highest BCUT2D eigenvalue weighted by Gasteiger charge is 2.57. The van der Waals surface area contributed by atoms with Gasteiger partial charge >= 0.3 is 6.18 Å². The van der Waals surface area contributed by atoms with Crippen molar-refractivity contribution in [2.24, 2.45) is 0 Å². The Bertz CT molecular complexity index is 1250. The zero-order valence-corrected chi connectivity index (χ0v) is 21.1. The number of benzene rings is 1. The molecule has 0 aliphatic carbocycles. The number of nitrogens with zero attached hydrogens (tertiary/aromatic N) is 2. The third-order valence-electron chi connectivity index (χ3n) is 5.84. The molecule has 7 nitrogen and oxygen atoms in total. The largest absolute Gasteiger partial charge is 0.438 e. The Morgan fingerprint density at radius 1 is 1.26 bits per heavy atom. The number of nitrogens with one attached hydrogen (secondary N) is 1. The molecule has 1 fully saturated rings. The predicted molar refractivity (Wildman–Crippen MR) is 125 cm³/mol. The minimum atomic E-state index is -4.60. The quantitative estimate of drug-likeness (QED) is 0.520. The monoisotopic (exact) mass is 531 g/mol. The summed E-state index contributed by atoms with van der Waals surface area (Å²) in [6, 6.07) is 5.61. The van der Waals surface area contributed by atoms with Gasteiger partial charge in [0.2, 0.25) is 21.8 Å². The molecular weight excluding hydrogens is 507 g/mol. The Hall–Kier alpha value is -2.63. The second-order valence-electron chi connectivity index (χ2n) is 9.29. The number of carbonyl (C=O) groups is 1. The van der Waals surface area contributed by atoms with Crippen molar-refractivity contribution in [3.8, 4) is 11.6 Å². The zero-order valence-electron chi connectivity index (χ0n) is 19.5. The van der Waals surface area contributed by atoms with Crippen molar-refractivity contribution >= 4 is 27.5 Å². The summed E-state index contributed by atoms with van der Waals surface area (Å²) < 4.78 is 72.5. The number of carbonyl (C=O) groups excluding carboxylic acids is 1. The molecule has 1 saturated heterocycles. The molecule has 2 aromatic rings. The first-order chi connectivity index (χ1) is 16.0. The van der Waals surface area contributed by atoms with Crippen molar-refractivity contribution in [3.63, 3.8) is 0 Å². The molecule has 3 rings (SSSR count). The zero-order chi connectivity index (χ0) is 26.4. The van der Waals surface area contributed by atoms with E-state index in [4.69, 9.17) is 16.3 Å². The van der Waals surface area contributed by atoms with Gasteiger partial charge in [0.25, 0.3) is 0 Å². The average molecular weight is 532 g/mol. The summed E-state index contributed by atoms with van der Waals surface area (Å²) >= 11 is 5.87. The number of halogens is 4. The molecule has 1 aromatic carbocycles. The highest BCUT2D eigenvalue weighted by Crippen LogP contribution is 2.45. The van der Waals surface area contributed by atoms with E-state index in [9.17, 15) is 26.4 Å². The number of ether oxygens (including phenoxy) is 1. The summed E-state index contributed by atoms with van der Waals surface area (Å²) in [4.78, 5) is 15.5. The molecule has 35 heavy (non-hydrogen) atoms. The molecular formula is C23H25ClF3N3O4S. The van der Waals surface area contributed by atoms with Crippen molar-refractivity contribution in [1.29, 1.82) is 0 Å². The van der Waals surface area contributed by atoms with Crippen molar-refractivity contribution in [1.82, 2.24) is 14.6 Å². The van der Waals surface area contributed by atoms with Crippen LogP contribution in [0.3, 0.4) is 0 Å². The number of aromatic nitrogens is 1. The number of sulfonamides is 1. The molecule has 1 aromatic heterocycles. The third-order valence-corrected chi connectivity index (χ3v) is 8.43. The first-order valence-electron chi connectivity index (χ1n) is 10.5. The van der Waals surface area contributed by atoms with E-state index in [2.05, 4.69) is 16.9 Å². The van der Waals surface area contributed by atoms with Gasteiger partial charge in [0.05, 0.1) is 16.0 Å². The minimum Gasteiger partial charge on any atom is -0.438 e. The van der Waals surface area contributed by atoms with Crippen LogP contribution in [0.25, 0.3) is 0 Å². The first-order valence-corrected chi connectivity index (χ1v) is 12.3. The van der Waals surface area contributed by atoms with E-state index >= 15 is 0 Å². The van der Waals surface area contributed by atoms with E-state index in [0.29, 0.717) is 18.7 Å². The SMILES string of the molecule is C=CC(=O)NC1CC(C)(C)N(S(=O)(=O)c2ccc(Oc3ncc(C(F)(F)F)cc3Cl)cc2)C1(C)C. The Kier molecular flexibility index (Phi) is 7.02. The van der Waals surface area contributed by atoms with Crippen LogP contribution in [0.15, 0.2) is 54.1 Å². The van der Waals surface area contributed by atoms with Gasteiger partial charge in [-0.15, -0.1) is 0 Å². The second-order valence-corrected chi connectivity index (χ2v) is 11.5. The van der Waals surface area contributed by atoms with E-state index in [-0.39, 0.29) is 21.5 Å². The van der Waals surface area contributed by atoms with Crippen molar-refractivity contribution < 1.29 is 31.1 Å². The number of rotatable bonds is 6. The smallest absolute Gasteiger partial charge is 0.417 e. The van der Waals surface area contributed by atoms with Crippen LogP contribution in [0.5, 0.6) is 11.6 Å². The first kappa shape index (κ1) is 27.0. The van der Waals surface area contributed by atoms with Gasteiger partial charge < -0.3 is 10.1 Å². The lowest BCUT2D eigenvalue weighted by Gasteiger charge is -2.40. The third kappa shape index (κ3) is 5.31. The van der Waals surface area contributed by atoms with E-state index in [1.54, 1.807) is 27.7 Å². The Morgan fingerprint density at radius 3 is 2.37 bits per heavy atom. The maximum Gasteiger partial charge on any atom is 0.417 e. The average Bonchev–Trinajstić information content (AvgIpc) is 2.92. The van der Waals surface area contributed by atoms with Crippen molar-refractivity contribution in [2.45, 2.75) is 62.3 Å². The van der Waals surface area contributed by atoms with E-state index < -0.39 is 44.8 Å². The molecule has 2 heterocycles. The van der Waals surface area contributed by atoms with Gasteiger partial charge in [-0.05, 0) is 70.5 Å². The Morgan fingerprint density at radius 2 is 1.86 bits per heavy atom. The van der Waals surface area contributed by atoms with Crippen molar-refractivity contribution in [3.05, 3.63) is 59.8 Å². The number of hydrogen-bond acceptors (Lipinski definition) is 5. The number of amides is 1. The van der Waals surface area contributed by atoms with Crippen LogP contribution in [0.1, 0.15) is 39.7 Å². The Labute approximate surface area is 207 Å².